The third-order valence-corrected chi connectivity index (χ3v) is 7.05. The SMILES string of the molecule is COc1ccc(C(=O)N[C@@H](C(=O)N2CCN(CC3CCN(C)CC3)CC2)c2ccccc2)cc1. The maximum Gasteiger partial charge on any atom is 0.252 e. The fraction of sp³-hybridized carbons (Fsp3) is 0.481. The lowest BCUT2D eigenvalue weighted by Gasteiger charge is -2.39. The summed E-state index contributed by atoms with van der Waals surface area (Å²) in [6.45, 7) is 6.61. The van der Waals surface area contributed by atoms with Crippen molar-refractivity contribution < 1.29 is 14.3 Å². The number of methoxy groups -OCH3 is 1. The molecule has 2 saturated heterocycles. The van der Waals surface area contributed by atoms with Crippen LogP contribution in [0.3, 0.4) is 0 Å². The predicted octanol–water partition coefficient (Wildman–Crippen LogP) is 2.65. The zero-order chi connectivity index (χ0) is 23.9. The summed E-state index contributed by atoms with van der Waals surface area (Å²) < 4.78 is 5.18. The van der Waals surface area contributed by atoms with Crippen LogP contribution >= 0.6 is 0 Å². The second-order valence-corrected chi connectivity index (χ2v) is 9.42. The maximum absolute atomic E-state index is 13.6. The number of hydrogen-bond donors (Lipinski definition) is 1. The summed E-state index contributed by atoms with van der Waals surface area (Å²) >= 11 is 0. The molecule has 7 heteroatoms. The van der Waals surface area contributed by atoms with Gasteiger partial charge in [-0.2, -0.15) is 0 Å². The molecule has 1 N–H and O–H groups in total. The fourth-order valence-corrected chi connectivity index (χ4v) is 4.83. The molecule has 182 valence electrons. The molecule has 34 heavy (non-hydrogen) atoms. The summed E-state index contributed by atoms with van der Waals surface area (Å²) in [5.41, 5.74) is 1.29. The van der Waals surface area contributed by atoms with Crippen LogP contribution in [0, 0.1) is 5.92 Å². The Hall–Kier alpha value is -2.90. The Balaban J connectivity index is 1.38. The number of piperidine rings is 1. The van der Waals surface area contributed by atoms with Crippen LogP contribution in [0.1, 0.15) is 34.8 Å². The Kier molecular flexibility index (Phi) is 8.19. The van der Waals surface area contributed by atoms with Crippen LogP contribution in [0.5, 0.6) is 5.75 Å². The molecule has 0 radical (unpaired) electrons. The van der Waals surface area contributed by atoms with Gasteiger partial charge in [-0.05, 0) is 68.7 Å². The van der Waals surface area contributed by atoms with E-state index < -0.39 is 6.04 Å². The van der Waals surface area contributed by atoms with Gasteiger partial charge in [-0.1, -0.05) is 30.3 Å². The van der Waals surface area contributed by atoms with Crippen molar-refractivity contribution in [2.24, 2.45) is 5.92 Å². The number of ether oxygens (including phenoxy) is 1. The number of nitrogens with zero attached hydrogens (tertiary/aromatic N) is 3. The van der Waals surface area contributed by atoms with Crippen LogP contribution in [0.15, 0.2) is 54.6 Å². The van der Waals surface area contributed by atoms with Crippen LogP contribution in [-0.4, -0.2) is 86.5 Å². The molecule has 0 unspecified atom stereocenters. The van der Waals surface area contributed by atoms with Crippen LogP contribution in [0.25, 0.3) is 0 Å². The molecule has 1 atom stereocenters. The topological polar surface area (TPSA) is 65.1 Å². The van der Waals surface area contributed by atoms with Crippen molar-refractivity contribution in [3.8, 4) is 5.75 Å². The van der Waals surface area contributed by atoms with E-state index in [1.807, 2.05) is 35.2 Å². The van der Waals surface area contributed by atoms with Crippen molar-refractivity contribution in [2.45, 2.75) is 18.9 Å². The largest absolute Gasteiger partial charge is 0.497 e. The van der Waals surface area contributed by atoms with Gasteiger partial charge in [0.2, 0.25) is 5.91 Å². The molecule has 2 heterocycles. The number of nitrogens with one attached hydrogen (secondary N) is 1. The van der Waals surface area contributed by atoms with Crippen molar-refractivity contribution in [2.75, 3.05) is 60.0 Å². The van der Waals surface area contributed by atoms with Gasteiger partial charge in [0, 0.05) is 38.3 Å². The molecule has 2 aliphatic heterocycles. The van der Waals surface area contributed by atoms with Crippen LogP contribution in [0.4, 0.5) is 0 Å². The highest BCUT2D eigenvalue weighted by atomic mass is 16.5. The number of piperazine rings is 1. The van der Waals surface area contributed by atoms with Gasteiger partial charge in [-0.15, -0.1) is 0 Å². The van der Waals surface area contributed by atoms with E-state index in [0.29, 0.717) is 24.4 Å². The molecule has 2 aromatic rings. The minimum atomic E-state index is -0.712. The number of hydrogen-bond acceptors (Lipinski definition) is 5. The first-order chi connectivity index (χ1) is 16.5. The minimum Gasteiger partial charge on any atom is -0.497 e. The van der Waals surface area contributed by atoms with E-state index in [9.17, 15) is 9.59 Å². The van der Waals surface area contributed by atoms with Crippen molar-refractivity contribution in [1.29, 1.82) is 0 Å². The fourth-order valence-electron chi connectivity index (χ4n) is 4.83. The summed E-state index contributed by atoms with van der Waals surface area (Å²) in [5.74, 6) is 1.11. The molecule has 4 rings (SSSR count). The van der Waals surface area contributed by atoms with Crippen molar-refractivity contribution in [3.63, 3.8) is 0 Å². The van der Waals surface area contributed by atoms with Gasteiger partial charge in [0.05, 0.1) is 7.11 Å². The van der Waals surface area contributed by atoms with Gasteiger partial charge in [0.15, 0.2) is 0 Å². The monoisotopic (exact) mass is 464 g/mol. The van der Waals surface area contributed by atoms with Gasteiger partial charge in [0.1, 0.15) is 11.8 Å². The molecular weight excluding hydrogens is 428 g/mol. The van der Waals surface area contributed by atoms with Crippen LogP contribution in [-0.2, 0) is 4.79 Å². The molecule has 2 aromatic carbocycles. The number of carbonyl (C=O) groups is 2. The van der Waals surface area contributed by atoms with E-state index in [1.54, 1.807) is 31.4 Å². The lowest BCUT2D eigenvalue weighted by molar-refractivity contribution is -0.135. The highest BCUT2D eigenvalue weighted by Gasteiger charge is 2.31. The average Bonchev–Trinajstić information content (AvgIpc) is 2.89. The van der Waals surface area contributed by atoms with Crippen molar-refractivity contribution in [3.05, 3.63) is 65.7 Å². The van der Waals surface area contributed by atoms with Gasteiger partial charge in [0.25, 0.3) is 5.91 Å². The summed E-state index contributed by atoms with van der Waals surface area (Å²) in [4.78, 5) is 33.3. The Morgan fingerprint density at radius 3 is 2.21 bits per heavy atom. The molecule has 0 bridgehead atoms. The summed E-state index contributed by atoms with van der Waals surface area (Å²) in [6, 6.07) is 15.7. The van der Waals surface area contributed by atoms with Crippen molar-refractivity contribution >= 4 is 11.8 Å². The quantitative estimate of drug-likeness (QED) is 0.683. The lowest BCUT2D eigenvalue weighted by Crippen LogP contribution is -2.53. The standard InChI is InChI=1S/C27H36N4O3/c1-29-14-12-21(13-15-29)20-30-16-18-31(19-17-30)27(33)25(22-6-4-3-5-7-22)28-26(32)23-8-10-24(34-2)11-9-23/h3-11,21,25H,12-20H2,1-2H3,(H,28,32)/t25-/m1/s1. The molecule has 0 saturated carbocycles. The van der Waals surface area contributed by atoms with Gasteiger partial charge >= 0.3 is 0 Å². The number of carbonyl (C=O) groups excluding carboxylic acids is 2. The van der Waals surface area contributed by atoms with Gasteiger partial charge in [-0.25, -0.2) is 0 Å². The average molecular weight is 465 g/mol. The molecule has 7 nitrogen and oxygen atoms in total. The van der Waals surface area contributed by atoms with E-state index in [1.165, 1.54) is 25.9 Å². The smallest absolute Gasteiger partial charge is 0.252 e. The molecule has 2 amide bonds. The Bertz CT molecular complexity index is 934. The first-order valence-corrected chi connectivity index (χ1v) is 12.2. The van der Waals surface area contributed by atoms with E-state index in [4.69, 9.17) is 4.74 Å². The Labute approximate surface area is 202 Å². The molecule has 0 aliphatic carbocycles. The molecule has 2 aliphatic rings. The molecule has 0 aromatic heterocycles. The van der Waals surface area contributed by atoms with E-state index in [2.05, 4.69) is 22.2 Å². The second kappa shape index (κ2) is 11.5. The van der Waals surface area contributed by atoms with Gasteiger partial charge < -0.3 is 19.9 Å². The summed E-state index contributed by atoms with van der Waals surface area (Å²) in [5, 5.41) is 2.98. The molecule has 2 fully saturated rings. The Morgan fingerprint density at radius 1 is 0.941 bits per heavy atom. The number of benzene rings is 2. The van der Waals surface area contributed by atoms with Crippen molar-refractivity contribution in [1.82, 2.24) is 20.0 Å². The first-order valence-electron chi connectivity index (χ1n) is 12.2. The lowest BCUT2D eigenvalue weighted by atomic mass is 9.96. The third kappa shape index (κ3) is 6.15. The van der Waals surface area contributed by atoms with Crippen LogP contribution in [0.2, 0.25) is 0 Å². The highest BCUT2D eigenvalue weighted by Crippen LogP contribution is 2.21. The van der Waals surface area contributed by atoms with E-state index in [-0.39, 0.29) is 11.8 Å². The predicted molar refractivity (Wildman–Crippen MR) is 133 cm³/mol. The zero-order valence-electron chi connectivity index (χ0n) is 20.3. The minimum absolute atomic E-state index is 0.0491. The number of rotatable bonds is 7. The first kappa shape index (κ1) is 24.2. The summed E-state index contributed by atoms with van der Waals surface area (Å²) in [7, 11) is 3.78. The highest BCUT2D eigenvalue weighted by molar-refractivity contribution is 5.98. The Morgan fingerprint density at radius 2 is 1.59 bits per heavy atom. The number of amides is 2. The zero-order valence-corrected chi connectivity index (χ0v) is 20.3. The number of likely N-dealkylation sites (tertiary alicyclic amines) is 1. The third-order valence-electron chi connectivity index (χ3n) is 7.05. The summed E-state index contributed by atoms with van der Waals surface area (Å²) in [6.07, 6.45) is 2.51. The second-order valence-electron chi connectivity index (χ2n) is 9.42. The van der Waals surface area contributed by atoms with E-state index in [0.717, 1.165) is 31.1 Å². The normalized spacial score (nSPS) is 18.9. The van der Waals surface area contributed by atoms with Crippen LogP contribution < -0.4 is 10.1 Å². The molecular formula is C27H36N4O3. The maximum atomic E-state index is 13.6. The van der Waals surface area contributed by atoms with E-state index >= 15 is 0 Å². The van der Waals surface area contributed by atoms with Gasteiger partial charge in [-0.3, -0.25) is 14.5 Å². The molecule has 0 spiro atoms.